The van der Waals surface area contributed by atoms with Gasteiger partial charge in [-0.15, -0.1) is 0 Å². The molecule has 1 saturated heterocycles. The van der Waals surface area contributed by atoms with Crippen molar-refractivity contribution < 1.29 is 92.9 Å². The number of H-pyrrole nitrogens is 1. The third-order valence-corrected chi connectivity index (χ3v) is 3.37. The third kappa shape index (κ3) is 5.86. The number of phosphoric ester groups is 1. The van der Waals surface area contributed by atoms with Gasteiger partial charge in [-0.25, -0.2) is 4.79 Å². The molecule has 0 aliphatic carbocycles. The molecule has 1 aliphatic rings. The van der Waals surface area contributed by atoms with Gasteiger partial charge < -0.3 is 33.8 Å². The third-order valence-electron chi connectivity index (χ3n) is 2.87. The molecule has 11 nitrogen and oxygen atoms in total. The Morgan fingerprint density at radius 1 is 1.39 bits per heavy atom. The van der Waals surface area contributed by atoms with Gasteiger partial charge >= 0.3 is 64.8 Å². The second-order valence-corrected chi connectivity index (χ2v) is 5.38. The molecule has 0 radical (unpaired) electrons. The molecule has 1 aliphatic heterocycles. The molecule has 14 heteroatoms. The maximum atomic E-state index is 11.6. The van der Waals surface area contributed by atoms with E-state index in [1.54, 1.807) is 0 Å². The van der Waals surface area contributed by atoms with E-state index in [1.165, 1.54) is 0 Å². The second-order valence-electron chi connectivity index (χ2n) is 4.27. The van der Waals surface area contributed by atoms with Crippen LogP contribution in [-0.4, -0.2) is 44.7 Å². The average molecular weight is 368 g/mol. The van der Waals surface area contributed by atoms with Gasteiger partial charge in [0.15, 0.2) is 6.23 Å². The van der Waals surface area contributed by atoms with E-state index < -0.39 is 50.2 Å². The minimum absolute atomic E-state index is 0. The second kappa shape index (κ2) is 9.39. The van der Waals surface area contributed by atoms with Crippen LogP contribution in [0.25, 0.3) is 0 Å². The van der Waals surface area contributed by atoms with Gasteiger partial charge in [-0.1, -0.05) is 0 Å². The van der Waals surface area contributed by atoms with E-state index in [-0.39, 0.29) is 59.1 Å². The first-order chi connectivity index (χ1) is 9.73. The molecule has 1 fully saturated rings. The Balaban J connectivity index is 0.00000242. The summed E-state index contributed by atoms with van der Waals surface area (Å²) in [6.07, 6.45) is -5.13. The first kappa shape index (κ1) is 23.7. The summed E-state index contributed by atoms with van der Waals surface area (Å²) in [6, 6.07) is 0.978. The van der Waals surface area contributed by atoms with Crippen molar-refractivity contribution in [2.24, 2.45) is 0 Å². The monoisotopic (exact) mass is 368 g/mol. The molecule has 3 N–H and O–H groups in total. The zero-order valence-electron chi connectivity index (χ0n) is 12.3. The molecule has 0 amide bonds. The molecule has 2 rings (SSSR count). The molecule has 1 aromatic heterocycles. The van der Waals surface area contributed by atoms with Gasteiger partial charge in [0.2, 0.25) is 0 Å². The van der Waals surface area contributed by atoms with Crippen molar-refractivity contribution in [1.82, 2.24) is 9.55 Å². The molecule has 0 bridgehead atoms. The number of aromatic nitrogens is 2. The van der Waals surface area contributed by atoms with Crippen molar-refractivity contribution in [3.63, 3.8) is 0 Å². The fourth-order valence-electron chi connectivity index (χ4n) is 2.00. The van der Waals surface area contributed by atoms with Gasteiger partial charge in [0.1, 0.15) is 18.3 Å². The Kier molecular flexibility index (Phi) is 9.66. The number of phosphoric acid groups is 1. The fraction of sp³-hybridized carbons (Fsp3) is 0.556. The standard InChI is InChI=1S/C9H13N2O9P.2Na/c12-3-4-7(20-21(16,17)18)6(14)8(19-4)11-2-1-5(13)10-9(11)15;;/h1-2,4,6-8,12,14H,3H2,(H,10,13,15)(H2,16,17,18);;/q;2*+1/p-2/t4-,6-,7-,8?;;/m1../s1. The summed E-state index contributed by atoms with van der Waals surface area (Å²) in [6.45, 7) is -0.754. The van der Waals surface area contributed by atoms with E-state index in [4.69, 9.17) is 9.84 Å². The van der Waals surface area contributed by atoms with Gasteiger partial charge in [0.25, 0.3) is 5.56 Å². The van der Waals surface area contributed by atoms with Crippen LogP contribution < -0.4 is 80.2 Å². The summed E-state index contributed by atoms with van der Waals surface area (Å²) in [5.74, 6) is 0. The molecule has 23 heavy (non-hydrogen) atoms. The van der Waals surface area contributed by atoms with Crippen molar-refractivity contribution in [1.29, 1.82) is 0 Å². The summed E-state index contributed by atoms with van der Waals surface area (Å²) in [7, 11) is -5.44. The number of aliphatic hydroxyl groups excluding tert-OH is 2. The number of ether oxygens (including phenoxy) is 1. The van der Waals surface area contributed by atoms with Gasteiger partial charge in [-0.2, -0.15) is 0 Å². The predicted octanol–water partition coefficient (Wildman–Crippen LogP) is -9.99. The largest absolute Gasteiger partial charge is 1.00 e. The van der Waals surface area contributed by atoms with Crippen LogP contribution in [0.2, 0.25) is 0 Å². The topological polar surface area (TPSA) is 177 Å². The Bertz CT molecular complexity index is 673. The molecular weight excluding hydrogens is 357 g/mol. The van der Waals surface area contributed by atoms with Crippen molar-refractivity contribution in [3.8, 4) is 0 Å². The van der Waals surface area contributed by atoms with E-state index >= 15 is 0 Å². The molecule has 0 spiro atoms. The maximum Gasteiger partial charge on any atom is 1.00 e. The van der Waals surface area contributed by atoms with Gasteiger partial charge in [-0.3, -0.25) is 14.3 Å². The molecule has 118 valence electrons. The fourth-order valence-corrected chi connectivity index (χ4v) is 2.56. The van der Waals surface area contributed by atoms with Crippen LogP contribution in [0.4, 0.5) is 0 Å². The molecule has 1 aromatic rings. The Morgan fingerprint density at radius 2 is 2.00 bits per heavy atom. The normalized spacial score (nSPS) is 27.1. The van der Waals surface area contributed by atoms with Crippen molar-refractivity contribution in [3.05, 3.63) is 33.1 Å². The minimum Gasteiger partial charge on any atom is -0.790 e. The van der Waals surface area contributed by atoms with Crippen LogP contribution in [0.15, 0.2) is 21.9 Å². The van der Waals surface area contributed by atoms with Gasteiger partial charge in [-0.05, 0) is 0 Å². The summed E-state index contributed by atoms with van der Waals surface area (Å²) < 4.78 is 20.7. The summed E-state index contributed by atoms with van der Waals surface area (Å²) in [5, 5.41) is 19.0. The van der Waals surface area contributed by atoms with E-state index in [1.807, 2.05) is 4.98 Å². The number of nitrogens with one attached hydrogen (secondary N) is 1. The van der Waals surface area contributed by atoms with Crippen molar-refractivity contribution in [2.75, 3.05) is 6.61 Å². The Hall–Kier alpha value is 0.670. The van der Waals surface area contributed by atoms with E-state index in [0.29, 0.717) is 0 Å². The van der Waals surface area contributed by atoms with Crippen LogP contribution >= 0.6 is 7.82 Å². The Labute approximate surface area is 173 Å². The van der Waals surface area contributed by atoms with E-state index in [2.05, 4.69) is 4.52 Å². The number of aromatic amines is 1. The van der Waals surface area contributed by atoms with Crippen molar-refractivity contribution >= 4 is 7.82 Å². The van der Waals surface area contributed by atoms with Crippen LogP contribution in [0, 0.1) is 0 Å². The van der Waals surface area contributed by atoms with E-state index in [9.17, 15) is 29.0 Å². The number of aliphatic hydroxyl groups is 2. The molecule has 1 unspecified atom stereocenters. The Morgan fingerprint density at radius 3 is 2.48 bits per heavy atom. The van der Waals surface area contributed by atoms with Gasteiger partial charge in [0, 0.05) is 12.3 Å². The molecule has 0 saturated carbocycles. The number of rotatable bonds is 4. The average Bonchev–Trinajstić information content (AvgIpc) is 2.65. The van der Waals surface area contributed by atoms with Crippen LogP contribution in [0.3, 0.4) is 0 Å². The number of hydrogen-bond acceptors (Lipinski definition) is 9. The van der Waals surface area contributed by atoms with Gasteiger partial charge in [0.05, 0.1) is 14.4 Å². The van der Waals surface area contributed by atoms with Crippen molar-refractivity contribution in [2.45, 2.75) is 24.5 Å². The number of hydrogen-bond donors (Lipinski definition) is 3. The molecular formula is C9H11N2Na2O9P. The first-order valence-corrected chi connectivity index (χ1v) is 7.15. The molecule has 2 heterocycles. The van der Waals surface area contributed by atoms with Crippen LogP contribution in [0.5, 0.6) is 0 Å². The first-order valence-electron chi connectivity index (χ1n) is 5.69. The predicted molar refractivity (Wildman–Crippen MR) is 60.8 cm³/mol. The molecule has 4 atom stereocenters. The summed E-state index contributed by atoms with van der Waals surface area (Å²) in [4.78, 5) is 45.7. The van der Waals surface area contributed by atoms with E-state index in [0.717, 1.165) is 16.8 Å². The smallest absolute Gasteiger partial charge is 0.790 e. The zero-order valence-corrected chi connectivity index (χ0v) is 17.2. The molecule has 0 aromatic carbocycles. The summed E-state index contributed by atoms with van der Waals surface area (Å²) in [5.41, 5.74) is -1.60. The van der Waals surface area contributed by atoms with Crippen LogP contribution in [0.1, 0.15) is 6.23 Å². The minimum atomic E-state index is -5.44. The summed E-state index contributed by atoms with van der Waals surface area (Å²) >= 11 is 0. The van der Waals surface area contributed by atoms with Crippen LogP contribution in [-0.2, 0) is 13.8 Å². The SMILES string of the molecule is O=c1ccn(C2O[C@H](CO)[C@@H](OP(=O)([O-])[O-])[C@H]2O)c(=O)[nH]1.[Na+].[Na+]. The maximum absolute atomic E-state index is 11.6. The quantitative estimate of drug-likeness (QED) is 0.344. The zero-order chi connectivity index (χ0) is 15.8. The number of nitrogens with zero attached hydrogens (tertiary/aromatic N) is 1.